The number of hydrogen-bond donors (Lipinski definition) is 1. The van der Waals surface area contributed by atoms with Crippen LogP contribution in [0.25, 0.3) is 0 Å². The van der Waals surface area contributed by atoms with Gasteiger partial charge in [0.05, 0.1) is 6.61 Å². The normalized spacial score (nSPS) is 12.6. The van der Waals surface area contributed by atoms with Gasteiger partial charge >= 0.3 is 0 Å². The minimum atomic E-state index is -0.637. The molecule has 0 fully saturated rings. The maximum atomic E-state index is 12.9. The minimum absolute atomic E-state index is 0.179. The summed E-state index contributed by atoms with van der Waals surface area (Å²) in [5.74, 6) is -1.38. The number of benzene rings is 1. The number of ether oxygens (including phenoxy) is 1. The molecule has 0 unspecified atom stereocenters. The first kappa shape index (κ1) is 9.92. The van der Waals surface area contributed by atoms with Crippen LogP contribution in [0.4, 0.5) is 8.78 Å². The fourth-order valence-corrected chi connectivity index (χ4v) is 0.822. The predicted molar refractivity (Wildman–Crippen MR) is 43.5 cm³/mol. The van der Waals surface area contributed by atoms with Gasteiger partial charge in [-0.05, 0) is 19.1 Å². The molecule has 0 radical (unpaired) electrons. The van der Waals surface area contributed by atoms with E-state index in [1.54, 1.807) is 6.92 Å². The molecular weight excluding hydrogens is 178 g/mol. The summed E-state index contributed by atoms with van der Waals surface area (Å²) in [7, 11) is 0. The van der Waals surface area contributed by atoms with Crippen LogP contribution in [0.2, 0.25) is 0 Å². The van der Waals surface area contributed by atoms with E-state index in [2.05, 4.69) is 0 Å². The van der Waals surface area contributed by atoms with Crippen molar-refractivity contribution >= 4 is 0 Å². The van der Waals surface area contributed by atoms with Crippen LogP contribution in [0, 0.1) is 11.6 Å². The Morgan fingerprint density at radius 2 is 2.15 bits per heavy atom. The van der Waals surface area contributed by atoms with Gasteiger partial charge in [-0.15, -0.1) is 0 Å². The van der Waals surface area contributed by atoms with Crippen molar-refractivity contribution in [3.8, 4) is 5.75 Å². The molecule has 72 valence electrons. The Labute approximate surface area is 74.8 Å². The zero-order chi connectivity index (χ0) is 9.84. The van der Waals surface area contributed by atoms with Gasteiger partial charge in [0.25, 0.3) is 0 Å². The van der Waals surface area contributed by atoms with Crippen LogP contribution in [0.5, 0.6) is 5.75 Å². The van der Waals surface area contributed by atoms with Gasteiger partial charge in [-0.2, -0.15) is 0 Å². The van der Waals surface area contributed by atoms with E-state index in [0.717, 1.165) is 18.2 Å². The molecule has 0 spiro atoms. The second-order valence-corrected chi connectivity index (χ2v) is 2.69. The average Bonchev–Trinajstić information content (AvgIpc) is 2.11. The maximum Gasteiger partial charge on any atom is 0.165 e. The van der Waals surface area contributed by atoms with Crippen molar-refractivity contribution in [2.45, 2.75) is 13.0 Å². The minimum Gasteiger partial charge on any atom is -0.485 e. The quantitative estimate of drug-likeness (QED) is 0.782. The van der Waals surface area contributed by atoms with E-state index in [1.165, 1.54) is 0 Å². The monoisotopic (exact) mass is 188 g/mol. The molecule has 0 saturated heterocycles. The van der Waals surface area contributed by atoms with Gasteiger partial charge in [-0.1, -0.05) is 0 Å². The standard InChI is InChI=1S/C9H10F2O2/c1-6(5-12)13-9-4-7(10)2-3-8(9)11/h2-4,6,12H,5H2,1H3/t6-/m0/s1. The second-order valence-electron chi connectivity index (χ2n) is 2.69. The first-order chi connectivity index (χ1) is 6.13. The highest BCUT2D eigenvalue weighted by Crippen LogP contribution is 2.18. The summed E-state index contributed by atoms with van der Waals surface area (Å²) >= 11 is 0. The Morgan fingerprint density at radius 3 is 2.77 bits per heavy atom. The van der Waals surface area contributed by atoms with Crippen molar-refractivity contribution in [3.63, 3.8) is 0 Å². The van der Waals surface area contributed by atoms with Crippen LogP contribution >= 0.6 is 0 Å². The number of aliphatic hydroxyl groups excluding tert-OH is 1. The van der Waals surface area contributed by atoms with Crippen molar-refractivity contribution in [3.05, 3.63) is 29.8 Å². The summed E-state index contributed by atoms with van der Waals surface area (Å²) in [6, 6.07) is 2.93. The van der Waals surface area contributed by atoms with Crippen LogP contribution in [0.3, 0.4) is 0 Å². The zero-order valence-corrected chi connectivity index (χ0v) is 7.13. The first-order valence-corrected chi connectivity index (χ1v) is 3.86. The molecule has 0 aromatic heterocycles. The van der Waals surface area contributed by atoms with Crippen molar-refractivity contribution in [2.75, 3.05) is 6.61 Å². The summed E-state index contributed by atoms with van der Waals surface area (Å²) in [5, 5.41) is 8.62. The molecule has 0 bridgehead atoms. The highest BCUT2D eigenvalue weighted by molar-refractivity contribution is 5.25. The van der Waals surface area contributed by atoms with Crippen molar-refractivity contribution in [2.24, 2.45) is 0 Å². The van der Waals surface area contributed by atoms with Gasteiger partial charge in [0.2, 0.25) is 0 Å². The molecule has 1 aromatic rings. The van der Waals surface area contributed by atoms with Gasteiger partial charge in [0, 0.05) is 6.07 Å². The smallest absolute Gasteiger partial charge is 0.165 e. The van der Waals surface area contributed by atoms with E-state index in [-0.39, 0.29) is 12.4 Å². The third kappa shape index (κ3) is 2.66. The number of halogens is 2. The summed E-state index contributed by atoms with van der Waals surface area (Å²) in [4.78, 5) is 0. The molecule has 1 rings (SSSR count). The van der Waals surface area contributed by atoms with E-state index in [0.29, 0.717) is 0 Å². The van der Waals surface area contributed by atoms with Gasteiger partial charge in [-0.3, -0.25) is 0 Å². The Morgan fingerprint density at radius 1 is 1.46 bits per heavy atom. The van der Waals surface area contributed by atoms with Crippen LogP contribution in [0.15, 0.2) is 18.2 Å². The fraction of sp³-hybridized carbons (Fsp3) is 0.333. The average molecular weight is 188 g/mol. The van der Waals surface area contributed by atoms with E-state index in [9.17, 15) is 8.78 Å². The van der Waals surface area contributed by atoms with Crippen molar-refractivity contribution < 1.29 is 18.6 Å². The lowest BCUT2D eigenvalue weighted by Crippen LogP contribution is -2.16. The SMILES string of the molecule is C[C@@H](CO)Oc1cc(F)ccc1F. The molecule has 4 heteroatoms. The highest BCUT2D eigenvalue weighted by atomic mass is 19.1. The fourth-order valence-electron chi connectivity index (χ4n) is 0.822. The van der Waals surface area contributed by atoms with Crippen molar-refractivity contribution in [1.82, 2.24) is 0 Å². The third-order valence-corrected chi connectivity index (χ3v) is 1.48. The maximum absolute atomic E-state index is 12.9. The van der Waals surface area contributed by atoms with Gasteiger partial charge in [0.15, 0.2) is 11.6 Å². The number of hydrogen-bond acceptors (Lipinski definition) is 2. The summed E-state index contributed by atoms with van der Waals surface area (Å²) in [6.45, 7) is 1.32. The van der Waals surface area contributed by atoms with E-state index in [1.807, 2.05) is 0 Å². The first-order valence-electron chi connectivity index (χ1n) is 3.86. The number of aliphatic hydroxyl groups is 1. The summed E-state index contributed by atoms with van der Waals surface area (Å²) in [6.07, 6.45) is -0.545. The third-order valence-electron chi connectivity index (χ3n) is 1.48. The molecule has 2 nitrogen and oxygen atoms in total. The molecular formula is C9H10F2O2. The molecule has 0 saturated carbocycles. The molecule has 0 aliphatic heterocycles. The van der Waals surface area contributed by atoms with Crippen LogP contribution in [0.1, 0.15) is 6.92 Å². The van der Waals surface area contributed by atoms with Crippen molar-refractivity contribution in [1.29, 1.82) is 0 Å². The zero-order valence-electron chi connectivity index (χ0n) is 7.13. The Hall–Kier alpha value is -1.16. The largest absolute Gasteiger partial charge is 0.485 e. The van der Waals surface area contributed by atoms with Gasteiger partial charge in [0.1, 0.15) is 11.9 Å². The number of rotatable bonds is 3. The highest BCUT2D eigenvalue weighted by Gasteiger charge is 2.08. The van der Waals surface area contributed by atoms with Gasteiger partial charge in [-0.25, -0.2) is 8.78 Å². The Kier molecular flexibility index (Phi) is 3.19. The molecule has 1 aromatic carbocycles. The van der Waals surface area contributed by atoms with E-state index in [4.69, 9.17) is 9.84 Å². The molecule has 1 atom stereocenters. The second kappa shape index (κ2) is 4.18. The van der Waals surface area contributed by atoms with E-state index >= 15 is 0 Å². The van der Waals surface area contributed by atoms with E-state index < -0.39 is 17.7 Å². The summed E-state index contributed by atoms with van der Waals surface area (Å²) in [5.41, 5.74) is 0. The lowest BCUT2D eigenvalue weighted by molar-refractivity contribution is 0.125. The topological polar surface area (TPSA) is 29.5 Å². The molecule has 0 aliphatic carbocycles. The van der Waals surface area contributed by atoms with Crippen LogP contribution in [-0.2, 0) is 0 Å². The van der Waals surface area contributed by atoms with Crippen LogP contribution in [-0.4, -0.2) is 17.8 Å². The lowest BCUT2D eigenvalue weighted by Gasteiger charge is -2.12. The Bertz CT molecular complexity index is 289. The lowest BCUT2D eigenvalue weighted by atomic mass is 10.3. The molecule has 1 N–H and O–H groups in total. The molecule has 0 aliphatic rings. The van der Waals surface area contributed by atoms with Crippen LogP contribution < -0.4 is 4.74 Å². The Balaban J connectivity index is 2.81. The summed E-state index contributed by atoms with van der Waals surface area (Å²) < 4.78 is 30.4. The molecule has 0 heterocycles. The predicted octanol–water partition coefficient (Wildman–Crippen LogP) is 1.72. The molecule has 0 amide bonds. The van der Waals surface area contributed by atoms with Gasteiger partial charge < -0.3 is 9.84 Å². The molecule has 13 heavy (non-hydrogen) atoms.